The molecule has 0 unspecified atom stereocenters. The molecule has 0 bridgehead atoms. The Morgan fingerprint density at radius 1 is 0.862 bits per heavy atom. The van der Waals surface area contributed by atoms with Gasteiger partial charge in [0.15, 0.2) is 5.82 Å². The minimum absolute atomic E-state index is 0.566. The van der Waals surface area contributed by atoms with Crippen molar-refractivity contribution in [2.75, 3.05) is 36.0 Å². The third-order valence-electron chi connectivity index (χ3n) is 5.12. The third kappa shape index (κ3) is 3.10. The van der Waals surface area contributed by atoms with Crippen molar-refractivity contribution in [1.29, 1.82) is 0 Å². The number of alkyl halides is 3. The number of tetrazole rings is 1. The standard InChI is InChI=1S/C19H16F3N7/c20-19(21,22)13-4-3-5-14(12-13)27-8-10-28(11-9-27)17-18-24-25-26-29(18)16-7-2-1-6-15(16)23-17/h1-7,12H,8-11H2. The van der Waals surface area contributed by atoms with Gasteiger partial charge in [-0.1, -0.05) is 18.2 Å². The lowest BCUT2D eigenvalue weighted by Gasteiger charge is -2.36. The van der Waals surface area contributed by atoms with Gasteiger partial charge in [-0.15, -0.1) is 5.10 Å². The van der Waals surface area contributed by atoms with Crippen LogP contribution in [-0.4, -0.2) is 51.2 Å². The molecular formula is C19H16F3N7. The van der Waals surface area contributed by atoms with Crippen LogP contribution in [0.25, 0.3) is 16.7 Å². The largest absolute Gasteiger partial charge is 0.416 e. The first-order valence-corrected chi connectivity index (χ1v) is 9.15. The Bertz CT molecular complexity index is 1180. The number of hydrogen-bond donors (Lipinski definition) is 0. The van der Waals surface area contributed by atoms with Crippen molar-refractivity contribution >= 4 is 28.2 Å². The van der Waals surface area contributed by atoms with Gasteiger partial charge in [-0.2, -0.15) is 17.7 Å². The summed E-state index contributed by atoms with van der Waals surface area (Å²) in [7, 11) is 0. The lowest BCUT2D eigenvalue weighted by molar-refractivity contribution is -0.137. The highest BCUT2D eigenvalue weighted by molar-refractivity contribution is 5.82. The third-order valence-corrected chi connectivity index (χ3v) is 5.12. The quantitative estimate of drug-likeness (QED) is 0.516. The molecule has 148 valence electrons. The van der Waals surface area contributed by atoms with E-state index in [9.17, 15) is 13.2 Å². The van der Waals surface area contributed by atoms with E-state index in [0.29, 0.717) is 43.3 Å². The average molecular weight is 399 g/mol. The number of para-hydroxylation sites is 2. The summed E-state index contributed by atoms with van der Waals surface area (Å²) in [5, 5.41) is 12.0. The summed E-state index contributed by atoms with van der Waals surface area (Å²) in [6, 6.07) is 13.1. The van der Waals surface area contributed by atoms with Gasteiger partial charge < -0.3 is 9.80 Å². The molecule has 0 spiro atoms. The fraction of sp³-hybridized carbons (Fsp3) is 0.263. The number of fused-ring (bicyclic) bond motifs is 3. The summed E-state index contributed by atoms with van der Waals surface area (Å²) in [5.74, 6) is 0.678. The van der Waals surface area contributed by atoms with Crippen LogP contribution >= 0.6 is 0 Å². The molecule has 4 aromatic rings. The molecule has 29 heavy (non-hydrogen) atoms. The van der Waals surface area contributed by atoms with Gasteiger partial charge in [0, 0.05) is 31.9 Å². The fourth-order valence-corrected chi connectivity index (χ4v) is 3.66. The van der Waals surface area contributed by atoms with Gasteiger partial charge in [0.25, 0.3) is 0 Å². The summed E-state index contributed by atoms with van der Waals surface area (Å²) in [4.78, 5) is 8.76. The molecule has 1 aliphatic heterocycles. The molecule has 1 fully saturated rings. The molecule has 0 atom stereocenters. The molecule has 7 nitrogen and oxygen atoms in total. The van der Waals surface area contributed by atoms with E-state index in [-0.39, 0.29) is 0 Å². The van der Waals surface area contributed by atoms with Crippen molar-refractivity contribution in [2.24, 2.45) is 0 Å². The van der Waals surface area contributed by atoms with Crippen molar-refractivity contribution in [3.8, 4) is 0 Å². The predicted molar refractivity (Wildman–Crippen MR) is 102 cm³/mol. The van der Waals surface area contributed by atoms with Crippen LogP contribution in [0.4, 0.5) is 24.7 Å². The molecule has 3 heterocycles. The summed E-state index contributed by atoms with van der Waals surface area (Å²) in [5.41, 5.74) is 2.10. The molecule has 5 rings (SSSR count). The molecule has 10 heteroatoms. The molecular weight excluding hydrogens is 383 g/mol. The maximum Gasteiger partial charge on any atom is 0.416 e. The topological polar surface area (TPSA) is 62.5 Å². The van der Waals surface area contributed by atoms with Gasteiger partial charge >= 0.3 is 6.18 Å². The van der Waals surface area contributed by atoms with Crippen LogP contribution in [0.2, 0.25) is 0 Å². The fourth-order valence-electron chi connectivity index (χ4n) is 3.66. The zero-order valence-electron chi connectivity index (χ0n) is 15.2. The number of aromatic nitrogens is 5. The highest BCUT2D eigenvalue weighted by atomic mass is 19.4. The Labute approximate surface area is 163 Å². The number of nitrogens with zero attached hydrogens (tertiary/aromatic N) is 7. The van der Waals surface area contributed by atoms with Gasteiger partial charge in [0.1, 0.15) is 0 Å². The molecule has 1 aliphatic rings. The first kappa shape index (κ1) is 17.7. The first-order chi connectivity index (χ1) is 14.0. The van der Waals surface area contributed by atoms with E-state index >= 15 is 0 Å². The van der Waals surface area contributed by atoms with E-state index in [0.717, 1.165) is 17.1 Å². The van der Waals surface area contributed by atoms with E-state index in [1.165, 1.54) is 12.1 Å². The van der Waals surface area contributed by atoms with Crippen LogP contribution in [-0.2, 0) is 6.18 Å². The SMILES string of the molecule is FC(F)(F)c1cccc(N2CCN(c3nc4ccccc4n4nnnc34)CC2)c1. The number of rotatable bonds is 2. The maximum absolute atomic E-state index is 13.0. The minimum atomic E-state index is -4.35. The van der Waals surface area contributed by atoms with Crippen LogP contribution in [0.15, 0.2) is 48.5 Å². The Morgan fingerprint density at radius 3 is 2.41 bits per heavy atom. The second kappa shape index (κ2) is 6.57. The van der Waals surface area contributed by atoms with Crippen LogP contribution in [0, 0.1) is 0 Å². The van der Waals surface area contributed by atoms with Crippen molar-refractivity contribution in [1.82, 2.24) is 25.0 Å². The summed E-state index contributed by atoms with van der Waals surface area (Å²) in [6.45, 7) is 2.35. The molecule has 2 aromatic carbocycles. The van der Waals surface area contributed by atoms with Gasteiger partial charge in [0.2, 0.25) is 5.65 Å². The number of halogens is 3. The van der Waals surface area contributed by atoms with E-state index in [4.69, 9.17) is 4.98 Å². The minimum Gasteiger partial charge on any atom is -0.368 e. The van der Waals surface area contributed by atoms with Crippen molar-refractivity contribution in [2.45, 2.75) is 6.18 Å². The van der Waals surface area contributed by atoms with Gasteiger partial charge in [-0.05, 0) is 40.8 Å². The van der Waals surface area contributed by atoms with E-state index in [1.54, 1.807) is 10.6 Å². The molecule has 0 amide bonds. The van der Waals surface area contributed by atoms with Crippen molar-refractivity contribution < 1.29 is 13.2 Å². The Balaban J connectivity index is 1.42. The molecule has 0 N–H and O–H groups in total. The molecule has 1 saturated heterocycles. The first-order valence-electron chi connectivity index (χ1n) is 9.15. The second-order valence-electron chi connectivity index (χ2n) is 6.86. The molecule has 0 radical (unpaired) electrons. The predicted octanol–water partition coefficient (Wildman–Crippen LogP) is 3.02. The monoisotopic (exact) mass is 399 g/mol. The molecule has 2 aromatic heterocycles. The van der Waals surface area contributed by atoms with E-state index in [2.05, 4.69) is 20.4 Å². The summed E-state index contributed by atoms with van der Waals surface area (Å²) >= 11 is 0. The Kier molecular flexibility index (Phi) is 4.00. The number of piperazine rings is 1. The highest BCUT2D eigenvalue weighted by Gasteiger charge is 2.31. The summed E-state index contributed by atoms with van der Waals surface area (Å²) < 4.78 is 40.7. The smallest absolute Gasteiger partial charge is 0.368 e. The van der Waals surface area contributed by atoms with Crippen molar-refractivity contribution in [3.05, 3.63) is 54.1 Å². The zero-order valence-corrected chi connectivity index (χ0v) is 15.2. The van der Waals surface area contributed by atoms with E-state index < -0.39 is 11.7 Å². The van der Waals surface area contributed by atoms with Gasteiger partial charge in [-0.25, -0.2) is 4.98 Å². The van der Waals surface area contributed by atoms with Gasteiger partial charge in [0.05, 0.1) is 16.6 Å². The number of anilines is 2. The normalized spacial score (nSPS) is 15.4. The maximum atomic E-state index is 13.0. The second-order valence-corrected chi connectivity index (χ2v) is 6.86. The highest BCUT2D eigenvalue weighted by Crippen LogP contribution is 2.32. The number of hydrogen-bond acceptors (Lipinski definition) is 6. The Morgan fingerprint density at radius 2 is 1.62 bits per heavy atom. The molecule has 0 saturated carbocycles. The Hall–Kier alpha value is -3.43. The van der Waals surface area contributed by atoms with Crippen LogP contribution in [0.5, 0.6) is 0 Å². The summed E-state index contributed by atoms with van der Waals surface area (Å²) in [6.07, 6.45) is -4.35. The van der Waals surface area contributed by atoms with Crippen LogP contribution in [0.3, 0.4) is 0 Å². The van der Waals surface area contributed by atoms with E-state index in [1.807, 2.05) is 29.2 Å². The van der Waals surface area contributed by atoms with Gasteiger partial charge in [-0.3, -0.25) is 0 Å². The molecule has 0 aliphatic carbocycles. The van der Waals surface area contributed by atoms with Crippen molar-refractivity contribution in [3.63, 3.8) is 0 Å². The number of benzene rings is 2. The lowest BCUT2D eigenvalue weighted by Crippen LogP contribution is -2.47. The van der Waals surface area contributed by atoms with Crippen LogP contribution in [0.1, 0.15) is 5.56 Å². The average Bonchev–Trinajstić information content (AvgIpc) is 3.23. The lowest BCUT2D eigenvalue weighted by atomic mass is 10.1. The zero-order chi connectivity index (χ0) is 20.0. The van der Waals surface area contributed by atoms with Crippen LogP contribution < -0.4 is 9.80 Å².